The smallest absolute Gasteiger partial charge is 0.258 e. The van der Waals surface area contributed by atoms with Crippen LogP contribution in [-0.2, 0) is 0 Å². The van der Waals surface area contributed by atoms with Crippen molar-refractivity contribution >= 4 is 17.5 Å². The summed E-state index contributed by atoms with van der Waals surface area (Å²) >= 11 is 5.76. The Balaban J connectivity index is 2.07. The van der Waals surface area contributed by atoms with Crippen molar-refractivity contribution in [1.82, 2.24) is 4.90 Å². The third-order valence-electron chi connectivity index (χ3n) is 2.91. The average Bonchev–Trinajstić information content (AvgIpc) is 2.74. The fraction of sp³-hybridized carbons (Fsp3) is 0.545. The van der Waals surface area contributed by atoms with Gasteiger partial charge in [0.25, 0.3) is 5.91 Å². The highest BCUT2D eigenvalue weighted by atomic mass is 35.5. The quantitative estimate of drug-likeness (QED) is 0.862. The second kappa shape index (κ2) is 4.89. The van der Waals surface area contributed by atoms with Gasteiger partial charge in [-0.2, -0.15) is 0 Å². The SMILES string of the molecule is O=C(c1ccoc1Cl)N1CCCC(CO)C1. The van der Waals surface area contributed by atoms with E-state index in [1.165, 1.54) is 6.26 Å². The number of carbonyl (C=O) groups is 1. The normalized spacial score (nSPS) is 21.1. The van der Waals surface area contributed by atoms with E-state index in [1.807, 2.05) is 0 Å². The van der Waals surface area contributed by atoms with Gasteiger partial charge in [-0.05, 0) is 36.4 Å². The first-order valence-electron chi connectivity index (χ1n) is 5.35. The summed E-state index contributed by atoms with van der Waals surface area (Å²) in [4.78, 5) is 13.8. The highest BCUT2D eigenvalue weighted by molar-refractivity contribution is 6.32. The van der Waals surface area contributed by atoms with E-state index in [0.717, 1.165) is 19.4 Å². The lowest BCUT2D eigenvalue weighted by Gasteiger charge is -2.31. The molecule has 2 rings (SSSR count). The maximum atomic E-state index is 12.0. The van der Waals surface area contributed by atoms with Gasteiger partial charge < -0.3 is 14.4 Å². The fourth-order valence-electron chi connectivity index (χ4n) is 2.02. The number of hydrogen-bond donors (Lipinski definition) is 1. The largest absolute Gasteiger partial charge is 0.452 e. The number of furan rings is 1. The standard InChI is InChI=1S/C11H14ClNO3/c12-10-9(3-5-16-10)11(15)13-4-1-2-8(6-13)7-14/h3,5,8,14H,1-2,4,6-7H2. The van der Waals surface area contributed by atoms with Crippen molar-refractivity contribution in [1.29, 1.82) is 0 Å². The molecule has 0 radical (unpaired) electrons. The number of rotatable bonds is 2. The first-order chi connectivity index (χ1) is 7.72. The molecule has 0 spiro atoms. The van der Waals surface area contributed by atoms with Crippen molar-refractivity contribution in [2.24, 2.45) is 5.92 Å². The van der Waals surface area contributed by atoms with Crippen LogP contribution in [0.5, 0.6) is 0 Å². The van der Waals surface area contributed by atoms with Crippen LogP contribution in [0.4, 0.5) is 0 Å². The Morgan fingerprint density at radius 3 is 3.12 bits per heavy atom. The highest BCUT2D eigenvalue weighted by Gasteiger charge is 2.26. The van der Waals surface area contributed by atoms with Gasteiger partial charge in [0, 0.05) is 19.7 Å². The molecule has 1 saturated heterocycles. The zero-order valence-electron chi connectivity index (χ0n) is 8.86. The molecule has 5 heteroatoms. The maximum absolute atomic E-state index is 12.0. The van der Waals surface area contributed by atoms with Gasteiger partial charge in [-0.15, -0.1) is 0 Å². The van der Waals surface area contributed by atoms with Crippen molar-refractivity contribution in [2.45, 2.75) is 12.8 Å². The second-order valence-electron chi connectivity index (χ2n) is 4.05. The molecule has 0 saturated carbocycles. The number of piperidine rings is 1. The zero-order chi connectivity index (χ0) is 11.5. The van der Waals surface area contributed by atoms with Crippen LogP contribution in [0.15, 0.2) is 16.7 Å². The summed E-state index contributed by atoms with van der Waals surface area (Å²) in [5.41, 5.74) is 0.403. The van der Waals surface area contributed by atoms with Gasteiger partial charge >= 0.3 is 0 Å². The van der Waals surface area contributed by atoms with Crippen LogP contribution in [0.2, 0.25) is 5.22 Å². The second-order valence-corrected chi connectivity index (χ2v) is 4.39. The molecule has 1 aromatic heterocycles. The number of likely N-dealkylation sites (tertiary alicyclic amines) is 1. The van der Waals surface area contributed by atoms with E-state index in [1.54, 1.807) is 11.0 Å². The lowest BCUT2D eigenvalue weighted by molar-refractivity contribution is 0.0620. The van der Waals surface area contributed by atoms with E-state index < -0.39 is 0 Å². The number of aliphatic hydroxyl groups excluding tert-OH is 1. The monoisotopic (exact) mass is 243 g/mol. The summed E-state index contributed by atoms with van der Waals surface area (Å²) in [7, 11) is 0. The first kappa shape index (κ1) is 11.5. The van der Waals surface area contributed by atoms with Crippen molar-refractivity contribution < 1.29 is 14.3 Å². The minimum Gasteiger partial charge on any atom is -0.452 e. The Bertz CT molecular complexity index is 377. The highest BCUT2D eigenvalue weighted by Crippen LogP contribution is 2.22. The molecular formula is C11H14ClNO3. The van der Waals surface area contributed by atoms with Crippen LogP contribution in [0.25, 0.3) is 0 Å². The maximum Gasteiger partial charge on any atom is 0.258 e. The van der Waals surface area contributed by atoms with E-state index in [4.69, 9.17) is 21.1 Å². The summed E-state index contributed by atoms with van der Waals surface area (Å²) in [5, 5.41) is 9.23. The van der Waals surface area contributed by atoms with E-state index in [0.29, 0.717) is 12.1 Å². The number of amides is 1. The van der Waals surface area contributed by atoms with Crippen molar-refractivity contribution in [3.63, 3.8) is 0 Å². The molecule has 0 aliphatic carbocycles. The summed E-state index contributed by atoms with van der Waals surface area (Å²) in [6, 6.07) is 1.58. The molecule has 0 aromatic carbocycles. The predicted molar refractivity (Wildman–Crippen MR) is 59.4 cm³/mol. The van der Waals surface area contributed by atoms with E-state index in [-0.39, 0.29) is 23.7 Å². The Labute approximate surface area is 98.8 Å². The third-order valence-corrected chi connectivity index (χ3v) is 3.21. The van der Waals surface area contributed by atoms with Gasteiger partial charge in [0.15, 0.2) is 0 Å². The molecule has 1 aromatic rings. The minimum absolute atomic E-state index is 0.114. The molecule has 1 amide bonds. The van der Waals surface area contributed by atoms with Crippen molar-refractivity contribution in [3.05, 3.63) is 23.1 Å². The summed E-state index contributed by atoms with van der Waals surface area (Å²) in [6.07, 6.45) is 3.30. The zero-order valence-corrected chi connectivity index (χ0v) is 9.61. The van der Waals surface area contributed by atoms with Crippen LogP contribution >= 0.6 is 11.6 Å². The van der Waals surface area contributed by atoms with Crippen LogP contribution in [0, 0.1) is 5.92 Å². The Morgan fingerprint density at radius 2 is 2.50 bits per heavy atom. The Morgan fingerprint density at radius 1 is 1.69 bits per heavy atom. The number of hydrogen-bond acceptors (Lipinski definition) is 3. The lowest BCUT2D eigenvalue weighted by Crippen LogP contribution is -2.40. The summed E-state index contributed by atoms with van der Waals surface area (Å²) in [6.45, 7) is 1.44. The van der Waals surface area contributed by atoms with Crippen LogP contribution < -0.4 is 0 Å². The van der Waals surface area contributed by atoms with Crippen LogP contribution in [0.1, 0.15) is 23.2 Å². The van der Waals surface area contributed by atoms with Gasteiger partial charge in [0.05, 0.1) is 11.8 Å². The van der Waals surface area contributed by atoms with Gasteiger partial charge in [-0.25, -0.2) is 0 Å². The molecule has 1 fully saturated rings. The van der Waals surface area contributed by atoms with E-state index in [2.05, 4.69) is 0 Å². The molecule has 1 aliphatic heterocycles. The molecule has 4 nitrogen and oxygen atoms in total. The van der Waals surface area contributed by atoms with Gasteiger partial charge in [0.1, 0.15) is 0 Å². The van der Waals surface area contributed by atoms with Gasteiger partial charge in [-0.3, -0.25) is 4.79 Å². The van der Waals surface area contributed by atoms with Crippen LogP contribution in [-0.4, -0.2) is 35.6 Å². The molecule has 1 unspecified atom stereocenters. The average molecular weight is 244 g/mol. The topological polar surface area (TPSA) is 53.7 Å². The van der Waals surface area contributed by atoms with Crippen molar-refractivity contribution in [3.8, 4) is 0 Å². The third kappa shape index (κ3) is 2.23. The Hall–Kier alpha value is -1.00. The first-order valence-corrected chi connectivity index (χ1v) is 5.73. The predicted octanol–water partition coefficient (Wildman–Crippen LogP) is 1.78. The number of carbonyl (C=O) groups excluding carboxylic acids is 1. The van der Waals surface area contributed by atoms with Crippen molar-refractivity contribution in [2.75, 3.05) is 19.7 Å². The van der Waals surface area contributed by atoms with Gasteiger partial charge in [0.2, 0.25) is 5.22 Å². The van der Waals surface area contributed by atoms with Crippen LogP contribution in [0.3, 0.4) is 0 Å². The molecule has 1 aliphatic rings. The molecule has 0 bridgehead atoms. The number of aliphatic hydroxyl groups is 1. The minimum atomic E-state index is -0.114. The summed E-state index contributed by atoms with van der Waals surface area (Å²) in [5.74, 6) is 0.0697. The van der Waals surface area contributed by atoms with Gasteiger partial charge in [-0.1, -0.05) is 0 Å². The van der Waals surface area contributed by atoms with E-state index >= 15 is 0 Å². The Kier molecular flexibility index (Phi) is 3.51. The van der Waals surface area contributed by atoms with E-state index in [9.17, 15) is 4.79 Å². The molecule has 88 valence electrons. The molecule has 16 heavy (non-hydrogen) atoms. The number of nitrogens with zero attached hydrogens (tertiary/aromatic N) is 1. The summed E-state index contributed by atoms with van der Waals surface area (Å²) < 4.78 is 4.90. The molecule has 2 heterocycles. The molecule has 1 atom stereocenters. The molecular weight excluding hydrogens is 230 g/mol. The fourth-order valence-corrected chi connectivity index (χ4v) is 2.21. The molecule has 1 N–H and O–H groups in total. The lowest BCUT2D eigenvalue weighted by atomic mass is 9.98. The number of halogens is 1.